The van der Waals surface area contributed by atoms with E-state index in [2.05, 4.69) is 36.2 Å². The predicted molar refractivity (Wildman–Crippen MR) is 84.7 cm³/mol. The molecule has 1 heterocycles. The summed E-state index contributed by atoms with van der Waals surface area (Å²) in [7, 11) is 1.68. The molecule has 0 aliphatic rings. The van der Waals surface area contributed by atoms with Gasteiger partial charge in [0.05, 0.1) is 17.7 Å². The largest absolute Gasteiger partial charge is 0.394 e. The Morgan fingerprint density at radius 2 is 2.05 bits per heavy atom. The van der Waals surface area contributed by atoms with Crippen LogP contribution in [0.4, 0.5) is 0 Å². The molecule has 5 heteroatoms. The van der Waals surface area contributed by atoms with Crippen molar-refractivity contribution in [2.24, 2.45) is 0 Å². The van der Waals surface area contributed by atoms with E-state index in [-0.39, 0.29) is 18.6 Å². The maximum absolute atomic E-state index is 12.2. The second-order valence-corrected chi connectivity index (χ2v) is 6.18. The fraction of sp³-hybridized carbons (Fsp3) is 0.375. The van der Waals surface area contributed by atoms with E-state index >= 15 is 0 Å². The zero-order valence-corrected chi connectivity index (χ0v) is 13.4. The van der Waals surface area contributed by atoms with E-state index in [4.69, 9.17) is 5.11 Å². The number of aryl methyl sites for hydroxylation is 1. The van der Waals surface area contributed by atoms with Gasteiger partial charge in [-0.05, 0) is 19.4 Å². The van der Waals surface area contributed by atoms with Gasteiger partial charge in [-0.1, -0.05) is 29.8 Å². The van der Waals surface area contributed by atoms with E-state index in [1.54, 1.807) is 19.4 Å². The molecular weight excluding hydrogens is 284 g/mol. The minimum Gasteiger partial charge on any atom is -0.394 e. The van der Waals surface area contributed by atoms with Crippen LogP contribution in [0.2, 0.25) is 0 Å². The Bertz CT molecular complexity index is 607. The van der Waals surface area contributed by atoms with E-state index in [0.29, 0.717) is 5.69 Å². The molecule has 0 radical (unpaired) electrons. The van der Waals surface area contributed by atoms with Crippen molar-refractivity contribution in [3.8, 4) is 0 Å². The molecule has 1 aromatic carbocycles. The zero-order chi connectivity index (χ0) is 15.4. The van der Waals surface area contributed by atoms with E-state index in [1.807, 2.05) is 0 Å². The van der Waals surface area contributed by atoms with E-state index < -0.39 is 0 Å². The summed E-state index contributed by atoms with van der Waals surface area (Å²) >= 11 is 1.49. The summed E-state index contributed by atoms with van der Waals surface area (Å²) in [6.45, 7) is 3.81. The van der Waals surface area contributed by atoms with E-state index in [0.717, 1.165) is 11.4 Å². The van der Waals surface area contributed by atoms with Crippen LogP contribution in [-0.2, 0) is 6.42 Å². The number of likely N-dealkylation sites (N-methyl/N-ethyl adjacent to an activating group) is 1. The Labute approximate surface area is 129 Å². The fourth-order valence-electron chi connectivity index (χ4n) is 1.87. The normalized spacial score (nSPS) is 12.2. The molecule has 0 aliphatic heterocycles. The number of thiazole rings is 1. The molecule has 2 aromatic rings. The van der Waals surface area contributed by atoms with E-state index in [9.17, 15) is 4.79 Å². The summed E-state index contributed by atoms with van der Waals surface area (Å²) in [5.41, 5.74) is 2.87. The first-order valence-electron chi connectivity index (χ1n) is 6.89. The molecule has 0 fully saturated rings. The van der Waals surface area contributed by atoms with Gasteiger partial charge in [-0.2, -0.15) is 0 Å². The Morgan fingerprint density at radius 3 is 2.67 bits per heavy atom. The van der Waals surface area contributed by atoms with Gasteiger partial charge in [-0.25, -0.2) is 4.98 Å². The molecule has 21 heavy (non-hydrogen) atoms. The van der Waals surface area contributed by atoms with Gasteiger partial charge in [-0.15, -0.1) is 11.3 Å². The number of rotatable bonds is 5. The summed E-state index contributed by atoms with van der Waals surface area (Å²) in [6.07, 6.45) is 0.734. The van der Waals surface area contributed by atoms with Crippen molar-refractivity contribution in [2.75, 3.05) is 13.7 Å². The predicted octanol–water partition coefficient (Wildman–Crippen LogP) is 2.50. The monoisotopic (exact) mass is 304 g/mol. The van der Waals surface area contributed by atoms with Gasteiger partial charge in [0.2, 0.25) is 0 Å². The molecule has 112 valence electrons. The average Bonchev–Trinajstić information content (AvgIpc) is 2.95. The number of aliphatic hydroxyl groups excluding tert-OH is 1. The van der Waals surface area contributed by atoms with Crippen LogP contribution in [0.3, 0.4) is 0 Å². The first-order valence-corrected chi connectivity index (χ1v) is 7.77. The van der Waals surface area contributed by atoms with Gasteiger partial charge in [0.25, 0.3) is 5.91 Å². The fourth-order valence-corrected chi connectivity index (χ4v) is 2.68. The lowest BCUT2D eigenvalue weighted by molar-refractivity contribution is 0.0677. The van der Waals surface area contributed by atoms with Crippen LogP contribution in [0, 0.1) is 6.92 Å². The van der Waals surface area contributed by atoms with Crippen LogP contribution < -0.4 is 0 Å². The number of nitrogens with zero attached hydrogens (tertiary/aromatic N) is 2. The Balaban J connectivity index is 2.07. The number of amides is 1. The van der Waals surface area contributed by atoms with Gasteiger partial charge in [0.15, 0.2) is 0 Å². The van der Waals surface area contributed by atoms with Crippen molar-refractivity contribution in [3.63, 3.8) is 0 Å². The lowest BCUT2D eigenvalue weighted by Gasteiger charge is -2.21. The SMILES string of the molecule is Cc1ccc(Cc2nc(C(=O)N(C)C(C)CO)cs2)cc1. The third-order valence-electron chi connectivity index (χ3n) is 3.49. The molecule has 1 N–H and O–H groups in total. The van der Waals surface area contributed by atoms with Crippen molar-refractivity contribution in [1.82, 2.24) is 9.88 Å². The Hall–Kier alpha value is -1.72. The van der Waals surface area contributed by atoms with Gasteiger partial charge >= 0.3 is 0 Å². The molecular formula is C16H20N2O2S. The second kappa shape index (κ2) is 6.83. The summed E-state index contributed by atoms with van der Waals surface area (Å²) in [5.74, 6) is -0.150. The number of hydrogen-bond acceptors (Lipinski definition) is 4. The van der Waals surface area contributed by atoms with Crippen molar-refractivity contribution in [2.45, 2.75) is 26.3 Å². The molecule has 2 rings (SSSR count). The maximum Gasteiger partial charge on any atom is 0.273 e. The highest BCUT2D eigenvalue weighted by molar-refractivity contribution is 7.09. The third-order valence-corrected chi connectivity index (χ3v) is 4.34. The lowest BCUT2D eigenvalue weighted by atomic mass is 10.1. The van der Waals surface area contributed by atoms with E-state index in [1.165, 1.54) is 27.4 Å². The van der Waals surface area contributed by atoms with Gasteiger partial charge in [-0.3, -0.25) is 4.79 Å². The highest BCUT2D eigenvalue weighted by Gasteiger charge is 2.19. The summed E-state index contributed by atoms with van der Waals surface area (Å²) < 4.78 is 0. The van der Waals surface area contributed by atoms with Crippen LogP contribution in [0.15, 0.2) is 29.6 Å². The summed E-state index contributed by atoms with van der Waals surface area (Å²) in [4.78, 5) is 18.1. The summed E-state index contributed by atoms with van der Waals surface area (Å²) in [6, 6.07) is 8.10. The topological polar surface area (TPSA) is 53.4 Å². The molecule has 1 atom stereocenters. The Morgan fingerprint density at radius 1 is 1.38 bits per heavy atom. The van der Waals surface area contributed by atoms with Crippen LogP contribution in [0.25, 0.3) is 0 Å². The number of hydrogen-bond donors (Lipinski definition) is 1. The van der Waals surface area contributed by atoms with Crippen molar-refractivity contribution >= 4 is 17.2 Å². The molecule has 0 saturated carbocycles. The first-order chi connectivity index (χ1) is 10.0. The van der Waals surface area contributed by atoms with Gasteiger partial charge < -0.3 is 10.0 Å². The minimum absolute atomic E-state index is 0.0530. The van der Waals surface area contributed by atoms with Gasteiger partial charge in [0, 0.05) is 18.8 Å². The number of carbonyl (C=O) groups is 1. The minimum atomic E-state index is -0.209. The first kappa shape index (κ1) is 15.7. The zero-order valence-electron chi connectivity index (χ0n) is 12.5. The van der Waals surface area contributed by atoms with Crippen molar-refractivity contribution in [1.29, 1.82) is 0 Å². The lowest BCUT2D eigenvalue weighted by Crippen LogP contribution is -2.37. The number of benzene rings is 1. The number of aliphatic hydroxyl groups is 1. The molecule has 1 unspecified atom stereocenters. The van der Waals surface area contributed by atoms with Crippen LogP contribution in [-0.4, -0.2) is 40.6 Å². The van der Waals surface area contributed by atoms with Gasteiger partial charge in [0.1, 0.15) is 5.69 Å². The number of carbonyl (C=O) groups excluding carboxylic acids is 1. The molecule has 4 nitrogen and oxygen atoms in total. The highest BCUT2D eigenvalue weighted by atomic mass is 32.1. The quantitative estimate of drug-likeness (QED) is 0.923. The van der Waals surface area contributed by atoms with Crippen molar-refractivity contribution in [3.05, 3.63) is 51.5 Å². The van der Waals surface area contributed by atoms with Crippen molar-refractivity contribution < 1.29 is 9.90 Å². The second-order valence-electron chi connectivity index (χ2n) is 5.24. The highest BCUT2D eigenvalue weighted by Crippen LogP contribution is 2.17. The average molecular weight is 304 g/mol. The molecule has 1 aromatic heterocycles. The Kier molecular flexibility index (Phi) is 5.09. The molecule has 0 aliphatic carbocycles. The molecule has 0 bridgehead atoms. The standard InChI is InChI=1S/C16H20N2O2S/c1-11-4-6-13(7-5-11)8-15-17-14(10-21-15)16(20)18(3)12(2)9-19/h4-7,10,12,19H,8-9H2,1-3H3. The number of aromatic nitrogens is 1. The molecule has 0 saturated heterocycles. The smallest absolute Gasteiger partial charge is 0.273 e. The van der Waals surface area contributed by atoms with Crippen LogP contribution >= 0.6 is 11.3 Å². The molecule has 1 amide bonds. The molecule has 0 spiro atoms. The van der Waals surface area contributed by atoms with Crippen LogP contribution in [0.1, 0.15) is 33.5 Å². The van der Waals surface area contributed by atoms with Crippen LogP contribution in [0.5, 0.6) is 0 Å². The third kappa shape index (κ3) is 3.89. The summed E-state index contributed by atoms with van der Waals surface area (Å²) in [5, 5.41) is 11.8. The maximum atomic E-state index is 12.2.